The number of urea groups is 1. The van der Waals surface area contributed by atoms with Crippen molar-refractivity contribution in [2.75, 3.05) is 26.2 Å². The quantitative estimate of drug-likeness (QED) is 0.923. The SMILES string of the molecule is CC(C)NC(=O)N1CCCN(Cc2ccsc2)CC1. The maximum absolute atomic E-state index is 12.0. The number of rotatable bonds is 3. The fourth-order valence-corrected chi connectivity index (χ4v) is 2.97. The molecule has 106 valence electrons. The van der Waals surface area contributed by atoms with Crippen molar-refractivity contribution in [2.24, 2.45) is 0 Å². The molecule has 1 fully saturated rings. The highest BCUT2D eigenvalue weighted by Gasteiger charge is 2.19. The molecule has 1 aliphatic heterocycles. The largest absolute Gasteiger partial charge is 0.336 e. The Kier molecular flexibility index (Phi) is 5.22. The van der Waals surface area contributed by atoms with Crippen LogP contribution in [-0.4, -0.2) is 48.1 Å². The van der Waals surface area contributed by atoms with E-state index in [9.17, 15) is 4.79 Å². The zero-order valence-electron chi connectivity index (χ0n) is 11.8. The minimum atomic E-state index is 0.0763. The molecule has 2 heterocycles. The van der Waals surface area contributed by atoms with E-state index in [2.05, 4.69) is 27.0 Å². The molecule has 0 radical (unpaired) electrons. The number of thiophene rings is 1. The maximum atomic E-state index is 12.0. The van der Waals surface area contributed by atoms with Crippen molar-refractivity contribution in [3.8, 4) is 0 Å². The van der Waals surface area contributed by atoms with E-state index in [4.69, 9.17) is 0 Å². The molecule has 1 aromatic rings. The van der Waals surface area contributed by atoms with Crippen LogP contribution in [0.4, 0.5) is 4.79 Å². The first-order chi connectivity index (χ1) is 9.15. The van der Waals surface area contributed by atoms with Gasteiger partial charge in [0.15, 0.2) is 0 Å². The number of hydrogen-bond donors (Lipinski definition) is 1. The average molecular weight is 281 g/mol. The molecule has 0 unspecified atom stereocenters. The Bertz CT molecular complexity index is 391. The van der Waals surface area contributed by atoms with Crippen LogP contribution in [-0.2, 0) is 6.54 Å². The van der Waals surface area contributed by atoms with Gasteiger partial charge in [-0.15, -0.1) is 0 Å². The van der Waals surface area contributed by atoms with E-state index in [1.807, 2.05) is 18.7 Å². The normalized spacial score (nSPS) is 17.5. The van der Waals surface area contributed by atoms with Crippen LogP contribution < -0.4 is 5.32 Å². The lowest BCUT2D eigenvalue weighted by molar-refractivity contribution is 0.195. The second-order valence-corrected chi connectivity index (χ2v) is 6.13. The summed E-state index contributed by atoms with van der Waals surface area (Å²) in [5.41, 5.74) is 1.38. The lowest BCUT2D eigenvalue weighted by Crippen LogP contribution is -2.44. The molecule has 1 N–H and O–H groups in total. The first kappa shape index (κ1) is 14.3. The summed E-state index contributed by atoms with van der Waals surface area (Å²) in [6.07, 6.45) is 1.05. The number of carbonyl (C=O) groups is 1. The molecule has 0 aromatic carbocycles. The summed E-state index contributed by atoms with van der Waals surface area (Å²) in [6, 6.07) is 2.46. The monoisotopic (exact) mass is 281 g/mol. The van der Waals surface area contributed by atoms with Gasteiger partial charge in [0.05, 0.1) is 0 Å². The van der Waals surface area contributed by atoms with E-state index >= 15 is 0 Å². The Labute approximate surface area is 119 Å². The molecule has 1 aliphatic rings. The number of nitrogens with one attached hydrogen (secondary N) is 1. The van der Waals surface area contributed by atoms with Gasteiger partial charge in [-0.1, -0.05) is 0 Å². The zero-order chi connectivity index (χ0) is 13.7. The van der Waals surface area contributed by atoms with Crippen molar-refractivity contribution in [2.45, 2.75) is 32.9 Å². The Morgan fingerprint density at radius 1 is 1.37 bits per heavy atom. The number of carbonyl (C=O) groups excluding carboxylic acids is 1. The number of amides is 2. The standard InChI is InChI=1S/C14H23N3OS/c1-12(2)15-14(18)17-6-3-5-16(7-8-17)10-13-4-9-19-11-13/h4,9,11-12H,3,5-8,10H2,1-2H3,(H,15,18). The van der Waals surface area contributed by atoms with Gasteiger partial charge >= 0.3 is 6.03 Å². The first-order valence-corrected chi connectivity index (χ1v) is 7.88. The highest BCUT2D eigenvalue weighted by molar-refractivity contribution is 7.07. The molecule has 5 heteroatoms. The zero-order valence-corrected chi connectivity index (χ0v) is 12.6. The highest BCUT2D eigenvalue weighted by Crippen LogP contribution is 2.12. The summed E-state index contributed by atoms with van der Waals surface area (Å²) >= 11 is 1.74. The first-order valence-electron chi connectivity index (χ1n) is 6.94. The predicted molar refractivity (Wildman–Crippen MR) is 79.5 cm³/mol. The van der Waals surface area contributed by atoms with Crippen molar-refractivity contribution in [1.29, 1.82) is 0 Å². The van der Waals surface area contributed by atoms with Gasteiger partial charge < -0.3 is 10.2 Å². The minimum Gasteiger partial charge on any atom is -0.336 e. The van der Waals surface area contributed by atoms with Crippen molar-refractivity contribution < 1.29 is 4.79 Å². The smallest absolute Gasteiger partial charge is 0.317 e. The molecule has 0 aliphatic carbocycles. The highest BCUT2D eigenvalue weighted by atomic mass is 32.1. The van der Waals surface area contributed by atoms with E-state index in [1.165, 1.54) is 5.56 Å². The van der Waals surface area contributed by atoms with Crippen LogP contribution in [0.5, 0.6) is 0 Å². The third-order valence-electron chi connectivity index (χ3n) is 3.27. The van der Waals surface area contributed by atoms with Gasteiger partial charge in [0, 0.05) is 38.8 Å². The van der Waals surface area contributed by atoms with Crippen LogP contribution in [0.25, 0.3) is 0 Å². The molecule has 19 heavy (non-hydrogen) atoms. The Balaban J connectivity index is 1.82. The van der Waals surface area contributed by atoms with Gasteiger partial charge in [0.2, 0.25) is 0 Å². The van der Waals surface area contributed by atoms with E-state index in [-0.39, 0.29) is 12.1 Å². The summed E-state index contributed by atoms with van der Waals surface area (Å²) in [4.78, 5) is 16.4. The minimum absolute atomic E-state index is 0.0763. The van der Waals surface area contributed by atoms with Crippen molar-refractivity contribution >= 4 is 17.4 Å². The Morgan fingerprint density at radius 2 is 2.21 bits per heavy atom. The fraction of sp³-hybridized carbons (Fsp3) is 0.643. The molecule has 4 nitrogen and oxygen atoms in total. The molecule has 1 saturated heterocycles. The summed E-state index contributed by atoms with van der Waals surface area (Å²) in [6.45, 7) is 8.71. The molecular formula is C14H23N3OS. The third-order valence-corrected chi connectivity index (χ3v) is 4.01. The summed E-state index contributed by atoms with van der Waals surface area (Å²) in [5.74, 6) is 0. The fourth-order valence-electron chi connectivity index (χ4n) is 2.31. The number of nitrogens with zero attached hydrogens (tertiary/aromatic N) is 2. The molecule has 0 atom stereocenters. The van der Waals surface area contributed by atoms with Crippen molar-refractivity contribution in [3.05, 3.63) is 22.4 Å². The molecule has 1 aromatic heterocycles. The van der Waals surface area contributed by atoms with E-state index in [0.29, 0.717) is 0 Å². The maximum Gasteiger partial charge on any atom is 0.317 e. The topological polar surface area (TPSA) is 35.6 Å². The second kappa shape index (κ2) is 6.91. The summed E-state index contributed by atoms with van der Waals surface area (Å²) in [7, 11) is 0. The van der Waals surface area contributed by atoms with Gasteiger partial charge in [-0.3, -0.25) is 4.90 Å². The third kappa shape index (κ3) is 4.51. The van der Waals surface area contributed by atoms with Crippen LogP contribution in [0.3, 0.4) is 0 Å². The van der Waals surface area contributed by atoms with Crippen LogP contribution in [0.15, 0.2) is 16.8 Å². The predicted octanol–water partition coefficient (Wildman–Crippen LogP) is 2.37. The Morgan fingerprint density at radius 3 is 2.89 bits per heavy atom. The van der Waals surface area contributed by atoms with Gasteiger partial charge in [-0.05, 0) is 42.7 Å². The molecule has 2 amide bonds. The van der Waals surface area contributed by atoms with Gasteiger partial charge in [0.1, 0.15) is 0 Å². The van der Waals surface area contributed by atoms with Gasteiger partial charge in [0.25, 0.3) is 0 Å². The molecule has 0 saturated carbocycles. The van der Waals surface area contributed by atoms with Crippen LogP contribution >= 0.6 is 11.3 Å². The second-order valence-electron chi connectivity index (χ2n) is 5.35. The Hall–Kier alpha value is -1.07. The molecular weight excluding hydrogens is 258 g/mol. The molecule has 2 rings (SSSR count). The van der Waals surface area contributed by atoms with Crippen LogP contribution in [0, 0.1) is 0 Å². The van der Waals surface area contributed by atoms with Gasteiger partial charge in [-0.25, -0.2) is 4.79 Å². The summed E-state index contributed by atoms with van der Waals surface area (Å²) < 4.78 is 0. The lowest BCUT2D eigenvalue weighted by atomic mass is 10.3. The van der Waals surface area contributed by atoms with Gasteiger partial charge in [-0.2, -0.15) is 11.3 Å². The van der Waals surface area contributed by atoms with Crippen molar-refractivity contribution in [1.82, 2.24) is 15.1 Å². The average Bonchev–Trinajstić information content (AvgIpc) is 2.73. The number of hydrogen-bond acceptors (Lipinski definition) is 3. The van der Waals surface area contributed by atoms with Crippen LogP contribution in [0.1, 0.15) is 25.8 Å². The molecule has 0 bridgehead atoms. The molecule has 0 spiro atoms. The van der Waals surface area contributed by atoms with E-state index < -0.39 is 0 Å². The lowest BCUT2D eigenvalue weighted by Gasteiger charge is -2.23. The van der Waals surface area contributed by atoms with E-state index in [0.717, 1.165) is 39.1 Å². The van der Waals surface area contributed by atoms with E-state index in [1.54, 1.807) is 11.3 Å². The summed E-state index contributed by atoms with van der Waals surface area (Å²) in [5, 5.41) is 7.29. The van der Waals surface area contributed by atoms with Crippen LogP contribution in [0.2, 0.25) is 0 Å². The van der Waals surface area contributed by atoms with Crippen molar-refractivity contribution in [3.63, 3.8) is 0 Å².